The topological polar surface area (TPSA) is 63.2 Å². The molecule has 1 fully saturated rings. The van der Waals surface area contributed by atoms with E-state index in [0.717, 1.165) is 55.3 Å². The Kier molecular flexibility index (Phi) is 11.3. The van der Waals surface area contributed by atoms with E-state index in [1.807, 2.05) is 13.0 Å². The summed E-state index contributed by atoms with van der Waals surface area (Å²) < 4.78 is 11.1. The fraction of sp³-hybridized carbons (Fsp3) is 0.619. The molecule has 1 aliphatic rings. The second-order valence-electron chi connectivity index (χ2n) is 6.82. The SMILES string of the molecule is CCNC(=NCCOc1c(C)cccc1C)N1CCC(C(=O)OCC)CC1.I. The van der Waals surface area contributed by atoms with Gasteiger partial charge >= 0.3 is 5.97 Å². The van der Waals surface area contributed by atoms with Crippen molar-refractivity contribution in [3.05, 3.63) is 29.3 Å². The Bertz CT molecular complexity index is 624. The molecule has 6 nitrogen and oxygen atoms in total. The van der Waals surface area contributed by atoms with Crippen LogP contribution in [0.3, 0.4) is 0 Å². The Morgan fingerprint density at radius 1 is 1.21 bits per heavy atom. The van der Waals surface area contributed by atoms with Gasteiger partial charge in [0.1, 0.15) is 12.4 Å². The predicted octanol–water partition coefficient (Wildman–Crippen LogP) is 3.54. The highest BCUT2D eigenvalue weighted by molar-refractivity contribution is 14.0. The van der Waals surface area contributed by atoms with Gasteiger partial charge in [-0.15, -0.1) is 24.0 Å². The van der Waals surface area contributed by atoms with Crippen LogP contribution in [0.5, 0.6) is 5.75 Å². The molecule has 1 N–H and O–H groups in total. The Morgan fingerprint density at radius 2 is 1.86 bits per heavy atom. The number of carbonyl (C=O) groups excluding carboxylic acids is 1. The summed E-state index contributed by atoms with van der Waals surface area (Å²) in [6, 6.07) is 6.16. The Morgan fingerprint density at radius 3 is 2.43 bits per heavy atom. The first-order valence-electron chi connectivity index (χ1n) is 9.95. The molecule has 0 atom stereocenters. The van der Waals surface area contributed by atoms with Gasteiger partial charge in [0, 0.05) is 19.6 Å². The van der Waals surface area contributed by atoms with Gasteiger partial charge in [0.2, 0.25) is 0 Å². The summed E-state index contributed by atoms with van der Waals surface area (Å²) in [4.78, 5) is 18.8. The van der Waals surface area contributed by atoms with Crippen LogP contribution < -0.4 is 10.1 Å². The van der Waals surface area contributed by atoms with Gasteiger partial charge in [0.15, 0.2) is 5.96 Å². The lowest BCUT2D eigenvalue weighted by Crippen LogP contribution is -2.46. The monoisotopic (exact) mass is 503 g/mol. The number of esters is 1. The zero-order valence-corrected chi connectivity index (χ0v) is 19.8. The van der Waals surface area contributed by atoms with E-state index in [-0.39, 0.29) is 35.9 Å². The van der Waals surface area contributed by atoms with Crippen LogP contribution in [0.25, 0.3) is 0 Å². The normalized spacial score (nSPS) is 15.0. The lowest BCUT2D eigenvalue weighted by molar-refractivity contribution is -0.149. The number of guanidine groups is 1. The highest BCUT2D eigenvalue weighted by Gasteiger charge is 2.27. The number of para-hydroxylation sites is 1. The van der Waals surface area contributed by atoms with Crippen LogP contribution in [-0.4, -0.2) is 56.2 Å². The van der Waals surface area contributed by atoms with Crippen LogP contribution in [-0.2, 0) is 9.53 Å². The van der Waals surface area contributed by atoms with E-state index in [9.17, 15) is 4.79 Å². The highest BCUT2D eigenvalue weighted by atomic mass is 127. The van der Waals surface area contributed by atoms with E-state index in [4.69, 9.17) is 14.5 Å². The lowest BCUT2D eigenvalue weighted by Gasteiger charge is -2.33. The van der Waals surface area contributed by atoms with Crippen LogP contribution in [0.15, 0.2) is 23.2 Å². The van der Waals surface area contributed by atoms with Crippen molar-refractivity contribution in [2.45, 2.75) is 40.5 Å². The summed E-state index contributed by atoms with van der Waals surface area (Å²) in [6.07, 6.45) is 1.62. The van der Waals surface area contributed by atoms with E-state index in [1.54, 1.807) is 0 Å². The van der Waals surface area contributed by atoms with Crippen molar-refractivity contribution in [2.75, 3.05) is 39.4 Å². The van der Waals surface area contributed by atoms with E-state index in [0.29, 0.717) is 19.8 Å². The molecule has 1 aliphatic heterocycles. The Hall–Kier alpha value is -1.51. The zero-order valence-electron chi connectivity index (χ0n) is 17.5. The minimum Gasteiger partial charge on any atom is -0.491 e. The van der Waals surface area contributed by atoms with E-state index in [2.05, 4.69) is 43.1 Å². The molecule has 0 bridgehead atoms. The summed E-state index contributed by atoms with van der Waals surface area (Å²) >= 11 is 0. The predicted molar refractivity (Wildman–Crippen MR) is 124 cm³/mol. The Labute approximate surface area is 186 Å². The average molecular weight is 503 g/mol. The fourth-order valence-corrected chi connectivity index (χ4v) is 3.34. The first-order valence-corrected chi connectivity index (χ1v) is 9.95. The molecule has 1 heterocycles. The third-order valence-electron chi connectivity index (χ3n) is 4.76. The van der Waals surface area contributed by atoms with E-state index in [1.165, 1.54) is 0 Å². The summed E-state index contributed by atoms with van der Waals surface area (Å²) in [5, 5.41) is 3.35. The quantitative estimate of drug-likeness (QED) is 0.203. The molecule has 1 saturated heterocycles. The van der Waals surface area contributed by atoms with Crippen molar-refractivity contribution >= 4 is 35.9 Å². The largest absolute Gasteiger partial charge is 0.491 e. The van der Waals surface area contributed by atoms with Crippen LogP contribution in [0.1, 0.15) is 37.8 Å². The second kappa shape index (κ2) is 12.9. The van der Waals surface area contributed by atoms with Gasteiger partial charge in [-0.2, -0.15) is 0 Å². The van der Waals surface area contributed by atoms with Gasteiger partial charge in [-0.05, 0) is 51.7 Å². The molecule has 1 aromatic carbocycles. The fourth-order valence-electron chi connectivity index (χ4n) is 3.34. The molecule has 0 saturated carbocycles. The summed E-state index contributed by atoms with van der Waals surface area (Å²) in [6.45, 7) is 12.1. The number of carbonyl (C=O) groups is 1. The smallest absolute Gasteiger partial charge is 0.309 e. The Balaban J connectivity index is 0.00000392. The first kappa shape index (κ1) is 24.5. The number of benzene rings is 1. The van der Waals surface area contributed by atoms with E-state index >= 15 is 0 Å². The van der Waals surface area contributed by atoms with Gasteiger partial charge in [0.05, 0.1) is 19.1 Å². The standard InChI is InChI=1S/C21H33N3O3.HI/c1-5-22-21(24-13-10-18(11-14-24)20(25)26-6-2)23-12-15-27-19-16(3)8-7-9-17(19)4;/h7-9,18H,5-6,10-15H2,1-4H3,(H,22,23);1H. The number of likely N-dealkylation sites (tertiary alicyclic amines) is 1. The van der Waals surface area contributed by atoms with Crippen molar-refractivity contribution in [2.24, 2.45) is 10.9 Å². The zero-order chi connectivity index (χ0) is 19.6. The van der Waals surface area contributed by atoms with Gasteiger partial charge in [-0.25, -0.2) is 4.99 Å². The number of hydrogen-bond donors (Lipinski definition) is 1. The van der Waals surface area contributed by atoms with Crippen LogP contribution in [0.4, 0.5) is 0 Å². The maximum Gasteiger partial charge on any atom is 0.309 e. The molecule has 1 aromatic rings. The number of piperidine rings is 1. The van der Waals surface area contributed by atoms with Crippen molar-refractivity contribution in [3.8, 4) is 5.75 Å². The third kappa shape index (κ3) is 7.14. The van der Waals surface area contributed by atoms with Gasteiger partial charge in [-0.1, -0.05) is 18.2 Å². The number of halogens is 1. The molecule has 0 aromatic heterocycles. The van der Waals surface area contributed by atoms with Crippen LogP contribution in [0.2, 0.25) is 0 Å². The maximum absolute atomic E-state index is 11.9. The number of nitrogens with zero attached hydrogens (tertiary/aromatic N) is 2. The van der Waals surface area contributed by atoms with Gasteiger partial charge in [0.25, 0.3) is 0 Å². The summed E-state index contributed by atoms with van der Waals surface area (Å²) in [5.41, 5.74) is 2.29. The molecule has 0 unspecified atom stereocenters. The van der Waals surface area contributed by atoms with Crippen molar-refractivity contribution in [1.82, 2.24) is 10.2 Å². The number of nitrogens with one attached hydrogen (secondary N) is 1. The number of rotatable bonds is 7. The van der Waals surface area contributed by atoms with Crippen LogP contribution >= 0.6 is 24.0 Å². The van der Waals surface area contributed by atoms with Gasteiger partial charge < -0.3 is 19.7 Å². The average Bonchev–Trinajstić information content (AvgIpc) is 2.66. The molecule has 0 radical (unpaired) electrons. The molecule has 158 valence electrons. The maximum atomic E-state index is 11.9. The first-order chi connectivity index (χ1) is 13.1. The van der Waals surface area contributed by atoms with Crippen molar-refractivity contribution in [1.29, 1.82) is 0 Å². The third-order valence-corrected chi connectivity index (χ3v) is 4.76. The number of ether oxygens (including phenoxy) is 2. The highest BCUT2D eigenvalue weighted by Crippen LogP contribution is 2.22. The minimum atomic E-state index is -0.0684. The van der Waals surface area contributed by atoms with Crippen molar-refractivity contribution in [3.63, 3.8) is 0 Å². The lowest BCUT2D eigenvalue weighted by atomic mass is 9.97. The molecular formula is C21H34IN3O3. The van der Waals surface area contributed by atoms with Crippen molar-refractivity contribution < 1.29 is 14.3 Å². The minimum absolute atomic E-state index is 0. The van der Waals surface area contributed by atoms with E-state index < -0.39 is 0 Å². The number of aliphatic imine (C=N–C) groups is 1. The van der Waals surface area contributed by atoms with Crippen LogP contribution in [0, 0.1) is 19.8 Å². The molecule has 2 rings (SSSR count). The molecule has 0 aliphatic carbocycles. The summed E-state index contributed by atoms with van der Waals surface area (Å²) in [7, 11) is 0. The molecule has 28 heavy (non-hydrogen) atoms. The number of aryl methyl sites for hydroxylation is 2. The van der Waals surface area contributed by atoms with Gasteiger partial charge in [-0.3, -0.25) is 4.79 Å². The summed E-state index contributed by atoms with van der Waals surface area (Å²) in [5.74, 6) is 1.79. The molecule has 7 heteroatoms. The molecule has 0 amide bonds. The molecular weight excluding hydrogens is 469 g/mol. The second-order valence-corrected chi connectivity index (χ2v) is 6.82. The molecule has 0 spiro atoms. The number of hydrogen-bond acceptors (Lipinski definition) is 4.